The van der Waals surface area contributed by atoms with Gasteiger partial charge in [0, 0.05) is 28.0 Å². The molecule has 2 aromatic heterocycles. The van der Waals surface area contributed by atoms with E-state index in [9.17, 15) is 9.59 Å². The lowest BCUT2D eigenvalue weighted by Crippen LogP contribution is -2.12. The van der Waals surface area contributed by atoms with Gasteiger partial charge in [-0.3, -0.25) is 14.9 Å². The summed E-state index contributed by atoms with van der Waals surface area (Å²) in [5.41, 5.74) is 1.35. The molecule has 3 aromatic rings. The molecular weight excluding hydrogens is 376 g/mol. The summed E-state index contributed by atoms with van der Waals surface area (Å²) < 4.78 is 5.96. The van der Waals surface area contributed by atoms with E-state index >= 15 is 0 Å². The molecule has 0 atom stereocenters. The molecule has 8 heteroatoms. The maximum atomic E-state index is 12.2. The van der Waals surface area contributed by atoms with Crippen molar-refractivity contribution in [2.75, 3.05) is 5.32 Å². The number of carbonyl (C=O) groups excluding carboxylic acids is 2. The first-order valence-electron chi connectivity index (χ1n) is 6.89. The average Bonchev–Trinajstić information content (AvgIpc) is 2.98. The molecule has 0 aliphatic carbocycles. The van der Waals surface area contributed by atoms with E-state index in [1.165, 1.54) is 12.4 Å². The van der Waals surface area contributed by atoms with E-state index in [1.807, 2.05) is 0 Å². The summed E-state index contributed by atoms with van der Waals surface area (Å²) in [4.78, 5) is 31.8. The minimum atomic E-state index is -0.409. The Morgan fingerprint density at radius 1 is 1.21 bits per heavy atom. The summed E-state index contributed by atoms with van der Waals surface area (Å²) in [5.74, 6) is 0.167. The highest BCUT2D eigenvalue weighted by atomic mass is 79.9. The largest absolute Gasteiger partial charge is 0.337 e. The average molecular weight is 387 g/mol. The van der Waals surface area contributed by atoms with Gasteiger partial charge in [0.05, 0.1) is 0 Å². The van der Waals surface area contributed by atoms with E-state index in [1.54, 1.807) is 31.2 Å². The number of nitrogens with one attached hydrogen (secondary N) is 1. The SMILES string of the molecule is Cc1ncc(-c2noc(NC(=O)c3ccc(Br)cc3)c2C=O)cn1. The molecular formula is C16H11BrN4O3. The maximum absolute atomic E-state index is 12.2. The van der Waals surface area contributed by atoms with Gasteiger partial charge in [-0.2, -0.15) is 0 Å². The third kappa shape index (κ3) is 3.23. The summed E-state index contributed by atoms with van der Waals surface area (Å²) >= 11 is 3.30. The third-order valence-corrected chi connectivity index (χ3v) is 3.76. The van der Waals surface area contributed by atoms with Crippen molar-refractivity contribution in [3.8, 4) is 11.3 Å². The van der Waals surface area contributed by atoms with Crippen LogP contribution in [0.2, 0.25) is 0 Å². The molecule has 0 saturated carbocycles. The molecule has 2 heterocycles. The minimum absolute atomic E-state index is 0.0199. The fourth-order valence-corrected chi connectivity index (χ4v) is 2.26. The third-order valence-electron chi connectivity index (χ3n) is 3.23. The highest BCUT2D eigenvalue weighted by molar-refractivity contribution is 9.10. The second kappa shape index (κ2) is 6.71. The number of aldehydes is 1. The molecule has 0 fully saturated rings. The van der Waals surface area contributed by atoms with Gasteiger partial charge in [0.1, 0.15) is 17.1 Å². The summed E-state index contributed by atoms with van der Waals surface area (Å²) in [6.07, 6.45) is 3.64. The van der Waals surface area contributed by atoms with Crippen molar-refractivity contribution in [2.45, 2.75) is 6.92 Å². The van der Waals surface area contributed by atoms with Crippen molar-refractivity contribution >= 4 is 34.0 Å². The predicted molar refractivity (Wildman–Crippen MR) is 89.7 cm³/mol. The van der Waals surface area contributed by atoms with Gasteiger partial charge < -0.3 is 4.52 Å². The van der Waals surface area contributed by atoms with E-state index in [0.29, 0.717) is 23.2 Å². The van der Waals surface area contributed by atoms with Crippen LogP contribution in [0.4, 0.5) is 5.88 Å². The molecule has 0 radical (unpaired) electrons. The Labute approximate surface area is 145 Å². The van der Waals surface area contributed by atoms with Gasteiger partial charge in [-0.25, -0.2) is 9.97 Å². The summed E-state index contributed by atoms with van der Waals surface area (Å²) in [5, 5.41) is 6.38. The van der Waals surface area contributed by atoms with Crippen LogP contribution in [-0.2, 0) is 0 Å². The fourth-order valence-electron chi connectivity index (χ4n) is 2.00. The lowest BCUT2D eigenvalue weighted by atomic mass is 10.1. The van der Waals surface area contributed by atoms with Crippen molar-refractivity contribution in [1.29, 1.82) is 0 Å². The summed E-state index contributed by atoms with van der Waals surface area (Å²) in [7, 11) is 0. The van der Waals surface area contributed by atoms with Crippen LogP contribution in [0.3, 0.4) is 0 Å². The van der Waals surface area contributed by atoms with E-state index in [-0.39, 0.29) is 17.1 Å². The van der Waals surface area contributed by atoms with Gasteiger partial charge in [0.2, 0.25) is 5.88 Å². The fraction of sp³-hybridized carbons (Fsp3) is 0.0625. The molecule has 0 aliphatic heterocycles. The highest BCUT2D eigenvalue weighted by Gasteiger charge is 2.20. The van der Waals surface area contributed by atoms with Gasteiger partial charge in [0.15, 0.2) is 6.29 Å². The number of anilines is 1. The minimum Gasteiger partial charge on any atom is -0.337 e. The zero-order valence-corrected chi connectivity index (χ0v) is 14.1. The zero-order chi connectivity index (χ0) is 17.1. The number of nitrogens with zero attached hydrogens (tertiary/aromatic N) is 3. The summed E-state index contributed by atoms with van der Waals surface area (Å²) in [6.45, 7) is 1.75. The molecule has 1 N–H and O–H groups in total. The number of hydrogen-bond acceptors (Lipinski definition) is 6. The number of amides is 1. The van der Waals surface area contributed by atoms with Crippen LogP contribution < -0.4 is 5.32 Å². The quantitative estimate of drug-likeness (QED) is 0.690. The topological polar surface area (TPSA) is 98.0 Å². The number of rotatable bonds is 4. The molecule has 7 nitrogen and oxygen atoms in total. The Hall–Kier alpha value is -2.87. The molecule has 3 rings (SSSR count). The van der Waals surface area contributed by atoms with Crippen LogP contribution in [0, 0.1) is 6.92 Å². The number of benzene rings is 1. The first kappa shape index (κ1) is 16.0. The van der Waals surface area contributed by atoms with Crippen LogP contribution in [-0.4, -0.2) is 27.3 Å². The van der Waals surface area contributed by atoms with E-state index in [4.69, 9.17) is 4.52 Å². The van der Waals surface area contributed by atoms with Crippen molar-refractivity contribution in [3.05, 3.63) is 58.1 Å². The van der Waals surface area contributed by atoms with E-state index < -0.39 is 5.91 Å². The molecule has 0 bridgehead atoms. The summed E-state index contributed by atoms with van der Waals surface area (Å²) in [6, 6.07) is 6.77. The number of halogens is 1. The van der Waals surface area contributed by atoms with Crippen LogP contribution >= 0.6 is 15.9 Å². The molecule has 24 heavy (non-hydrogen) atoms. The predicted octanol–water partition coefficient (Wildman–Crippen LogP) is 3.27. The van der Waals surface area contributed by atoms with Gasteiger partial charge in [-0.15, -0.1) is 0 Å². The Kier molecular flexibility index (Phi) is 4.48. The van der Waals surface area contributed by atoms with Crippen molar-refractivity contribution in [1.82, 2.24) is 15.1 Å². The molecule has 0 aliphatic rings. The van der Waals surface area contributed by atoms with Gasteiger partial charge in [0.25, 0.3) is 5.91 Å². The van der Waals surface area contributed by atoms with Gasteiger partial charge in [-0.1, -0.05) is 21.1 Å². The standard InChI is InChI=1S/C16H11BrN4O3/c1-9-18-6-11(7-19-9)14-13(8-22)16(24-21-14)20-15(23)10-2-4-12(17)5-3-10/h2-8H,1H3,(H,20,23). The van der Waals surface area contributed by atoms with Crippen LogP contribution in [0.15, 0.2) is 45.7 Å². The molecule has 0 spiro atoms. The first-order chi connectivity index (χ1) is 11.6. The number of carbonyl (C=O) groups is 2. The molecule has 0 unspecified atom stereocenters. The Morgan fingerprint density at radius 2 is 1.88 bits per heavy atom. The Morgan fingerprint density at radius 3 is 2.50 bits per heavy atom. The highest BCUT2D eigenvalue weighted by Crippen LogP contribution is 2.27. The lowest BCUT2D eigenvalue weighted by Gasteiger charge is -2.02. The van der Waals surface area contributed by atoms with E-state index in [0.717, 1.165) is 4.47 Å². The van der Waals surface area contributed by atoms with Crippen molar-refractivity contribution in [2.24, 2.45) is 0 Å². The second-order valence-electron chi connectivity index (χ2n) is 4.87. The monoisotopic (exact) mass is 386 g/mol. The molecule has 120 valence electrons. The first-order valence-corrected chi connectivity index (χ1v) is 7.68. The molecule has 1 amide bonds. The normalized spacial score (nSPS) is 10.4. The number of hydrogen-bond donors (Lipinski definition) is 1. The number of aryl methyl sites for hydroxylation is 1. The maximum Gasteiger partial charge on any atom is 0.258 e. The Balaban J connectivity index is 1.89. The molecule has 1 aromatic carbocycles. The van der Waals surface area contributed by atoms with Crippen LogP contribution in [0.25, 0.3) is 11.3 Å². The van der Waals surface area contributed by atoms with E-state index in [2.05, 4.69) is 36.4 Å². The smallest absolute Gasteiger partial charge is 0.258 e. The zero-order valence-electron chi connectivity index (χ0n) is 12.5. The lowest BCUT2D eigenvalue weighted by molar-refractivity contribution is 0.102. The van der Waals surface area contributed by atoms with Crippen LogP contribution in [0.1, 0.15) is 26.5 Å². The van der Waals surface area contributed by atoms with Gasteiger partial charge >= 0.3 is 0 Å². The Bertz CT molecular complexity index is 889. The molecule has 0 saturated heterocycles. The van der Waals surface area contributed by atoms with Crippen molar-refractivity contribution < 1.29 is 14.1 Å². The van der Waals surface area contributed by atoms with Crippen molar-refractivity contribution in [3.63, 3.8) is 0 Å². The number of aromatic nitrogens is 3. The van der Waals surface area contributed by atoms with Gasteiger partial charge in [-0.05, 0) is 31.2 Å². The second-order valence-corrected chi connectivity index (χ2v) is 5.79. The van der Waals surface area contributed by atoms with Crippen LogP contribution in [0.5, 0.6) is 0 Å².